The van der Waals surface area contributed by atoms with Crippen molar-refractivity contribution in [1.29, 1.82) is 0 Å². The van der Waals surface area contributed by atoms with E-state index >= 15 is 0 Å². The molecule has 1 aromatic heterocycles. The number of rotatable bonds is 1. The lowest BCUT2D eigenvalue weighted by Crippen LogP contribution is -2.34. The molecule has 0 saturated heterocycles. The van der Waals surface area contributed by atoms with E-state index in [-0.39, 0.29) is 0 Å². The molecular weight excluding hydrogens is 150 g/mol. The third-order valence-electron chi connectivity index (χ3n) is 2.73. The van der Waals surface area contributed by atoms with E-state index in [2.05, 4.69) is 18.1 Å². The van der Waals surface area contributed by atoms with Crippen LogP contribution in [-0.2, 0) is 7.05 Å². The van der Waals surface area contributed by atoms with E-state index < -0.39 is 0 Å². The minimum absolute atomic E-state index is 0.414. The molecule has 0 aromatic carbocycles. The van der Waals surface area contributed by atoms with E-state index in [1.54, 1.807) is 0 Å². The molecular formula is C9H15N3. The topological polar surface area (TPSA) is 43.8 Å². The Kier molecular flexibility index (Phi) is 1.68. The molecule has 1 aromatic rings. The van der Waals surface area contributed by atoms with E-state index in [0.29, 0.717) is 12.0 Å². The summed E-state index contributed by atoms with van der Waals surface area (Å²) in [5, 5.41) is 4.43. The molecule has 0 atom stereocenters. The Morgan fingerprint density at radius 3 is 2.67 bits per heavy atom. The Morgan fingerprint density at radius 2 is 2.25 bits per heavy atom. The summed E-state index contributed by atoms with van der Waals surface area (Å²) in [6, 6.07) is 2.58. The minimum atomic E-state index is 0.414. The SMILES string of the molecule is Cc1cc(C2CC(N)C2)nn1C. The fourth-order valence-corrected chi connectivity index (χ4v) is 1.69. The smallest absolute Gasteiger partial charge is 0.0659 e. The first kappa shape index (κ1) is 7.80. The zero-order valence-corrected chi connectivity index (χ0v) is 7.62. The summed E-state index contributed by atoms with van der Waals surface area (Å²) in [5.74, 6) is 0.625. The molecule has 66 valence electrons. The van der Waals surface area contributed by atoms with Crippen LogP contribution in [0.2, 0.25) is 0 Å². The summed E-state index contributed by atoms with van der Waals surface area (Å²) in [6.45, 7) is 2.08. The van der Waals surface area contributed by atoms with Gasteiger partial charge in [-0.3, -0.25) is 4.68 Å². The molecule has 0 aliphatic heterocycles. The van der Waals surface area contributed by atoms with E-state index in [4.69, 9.17) is 5.73 Å². The number of nitrogens with zero attached hydrogens (tertiary/aromatic N) is 2. The number of hydrogen-bond donors (Lipinski definition) is 1. The molecule has 1 fully saturated rings. The van der Waals surface area contributed by atoms with Gasteiger partial charge in [-0.15, -0.1) is 0 Å². The highest BCUT2D eigenvalue weighted by atomic mass is 15.3. The van der Waals surface area contributed by atoms with Crippen molar-refractivity contribution in [3.8, 4) is 0 Å². The average molecular weight is 165 g/mol. The van der Waals surface area contributed by atoms with Crippen molar-refractivity contribution in [2.45, 2.75) is 31.7 Å². The van der Waals surface area contributed by atoms with Crippen molar-refractivity contribution in [1.82, 2.24) is 9.78 Å². The van der Waals surface area contributed by atoms with Crippen LogP contribution in [0.5, 0.6) is 0 Å². The molecule has 2 N–H and O–H groups in total. The summed E-state index contributed by atoms with van der Waals surface area (Å²) in [7, 11) is 1.98. The van der Waals surface area contributed by atoms with Crippen LogP contribution in [0, 0.1) is 6.92 Å². The molecule has 1 aliphatic rings. The lowest BCUT2D eigenvalue weighted by atomic mass is 9.79. The second-order valence-corrected chi connectivity index (χ2v) is 3.76. The summed E-state index contributed by atoms with van der Waals surface area (Å²) >= 11 is 0. The lowest BCUT2D eigenvalue weighted by Gasteiger charge is -2.30. The molecule has 0 bridgehead atoms. The standard InChI is InChI=1S/C9H15N3/c1-6-3-9(11-12(6)2)7-4-8(10)5-7/h3,7-8H,4-5,10H2,1-2H3. The fourth-order valence-electron chi connectivity index (χ4n) is 1.69. The van der Waals surface area contributed by atoms with Crippen molar-refractivity contribution in [3.63, 3.8) is 0 Å². The van der Waals surface area contributed by atoms with Gasteiger partial charge in [-0.05, 0) is 25.8 Å². The van der Waals surface area contributed by atoms with Gasteiger partial charge in [0.15, 0.2) is 0 Å². The van der Waals surface area contributed by atoms with Gasteiger partial charge in [0.1, 0.15) is 0 Å². The van der Waals surface area contributed by atoms with Crippen LogP contribution in [-0.4, -0.2) is 15.8 Å². The van der Waals surface area contributed by atoms with Gasteiger partial charge in [0.2, 0.25) is 0 Å². The summed E-state index contributed by atoms with van der Waals surface area (Å²) in [6.07, 6.45) is 2.22. The maximum atomic E-state index is 5.72. The highest BCUT2D eigenvalue weighted by Crippen LogP contribution is 2.34. The van der Waals surface area contributed by atoms with Gasteiger partial charge in [-0.25, -0.2) is 0 Å². The van der Waals surface area contributed by atoms with Crippen molar-refractivity contribution in [2.75, 3.05) is 0 Å². The van der Waals surface area contributed by atoms with Crippen LogP contribution >= 0.6 is 0 Å². The van der Waals surface area contributed by atoms with E-state index in [1.807, 2.05) is 11.7 Å². The Balaban J connectivity index is 2.14. The van der Waals surface area contributed by atoms with Crippen LogP contribution in [0.15, 0.2) is 6.07 Å². The van der Waals surface area contributed by atoms with Gasteiger partial charge in [0.25, 0.3) is 0 Å². The zero-order chi connectivity index (χ0) is 8.72. The Hall–Kier alpha value is -0.830. The fraction of sp³-hybridized carbons (Fsp3) is 0.667. The zero-order valence-electron chi connectivity index (χ0n) is 7.62. The molecule has 0 unspecified atom stereocenters. The molecule has 3 nitrogen and oxygen atoms in total. The second-order valence-electron chi connectivity index (χ2n) is 3.76. The number of aryl methyl sites for hydroxylation is 2. The predicted molar refractivity (Wildman–Crippen MR) is 47.9 cm³/mol. The van der Waals surface area contributed by atoms with Gasteiger partial charge in [-0.1, -0.05) is 0 Å². The Bertz CT molecular complexity index is 264. The molecule has 1 heterocycles. The maximum absolute atomic E-state index is 5.72. The quantitative estimate of drug-likeness (QED) is 0.673. The second kappa shape index (κ2) is 2.59. The predicted octanol–water partition coefficient (Wildman–Crippen LogP) is 0.933. The average Bonchev–Trinajstić information content (AvgIpc) is 2.26. The molecule has 12 heavy (non-hydrogen) atoms. The van der Waals surface area contributed by atoms with Gasteiger partial charge >= 0.3 is 0 Å². The van der Waals surface area contributed by atoms with Gasteiger partial charge < -0.3 is 5.73 Å². The minimum Gasteiger partial charge on any atom is -0.328 e. The molecule has 3 heteroatoms. The highest BCUT2D eigenvalue weighted by Gasteiger charge is 2.29. The van der Waals surface area contributed by atoms with Crippen LogP contribution in [0.25, 0.3) is 0 Å². The van der Waals surface area contributed by atoms with E-state index in [9.17, 15) is 0 Å². The monoisotopic (exact) mass is 165 g/mol. The third-order valence-corrected chi connectivity index (χ3v) is 2.73. The summed E-state index contributed by atoms with van der Waals surface area (Å²) in [4.78, 5) is 0. The van der Waals surface area contributed by atoms with Crippen molar-refractivity contribution in [3.05, 3.63) is 17.5 Å². The summed E-state index contributed by atoms with van der Waals surface area (Å²) < 4.78 is 1.93. The lowest BCUT2D eigenvalue weighted by molar-refractivity contribution is 0.343. The first-order valence-electron chi connectivity index (χ1n) is 4.43. The largest absolute Gasteiger partial charge is 0.328 e. The molecule has 0 amide bonds. The number of aromatic nitrogens is 2. The first-order valence-corrected chi connectivity index (χ1v) is 4.43. The third kappa shape index (κ3) is 1.14. The van der Waals surface area contributed by atoms with Gasteiger partial charge in [0, 0.05) is 24.7 Å². The Labute approximate surface area is 72.6 Å². The summed E-state index contributed by atoms with van der Waals surface area (Å²) in [5.41, 5.74) is 8.16. The Morgan fingerprint density at radius 1 is 1.58 bits per heavy atom. The molecule has 1 saturated carbocycles. The van der Waals surface area contributed by atoms with Crippen LogP contribution in [0.3, 0.4) is 0 Å². The van der Waals surface area contributed by atoms with Crippen LogP contribution < -0.4 is 5.73 Å². The number of nitrogens with two attached hydrogens (primary N) is 1. The van der Waals surface area contributed by atoms with Crippen LogP contribution in [0.4, 0.5) is 0 Å². The molecule has 0 radical (unpaired) electrons. The van der Waals surface area contributed by atoms with Crippen molar-refractivity contribution in [2.24, 2.45) is 12.8 Å². The van der Waals surface area contributed by atoms with Crippen molar-refractivity contribution >= 4 is 0 Å². The molecule has 2 rings (SSSR count). The van der Waals surface area contributed by atoms with Crippen LogP contribution in [0.1, 0.15) is 30.1 Å². The number of hydrogen-bond acceptors (Lipinski definition) is 2. The molecule has 0 spiro atoms. The van der Waals surface area contributed by atoms with Crippen molar-refractivity contribution < 1.29 is 0 Å². The normalized spacial score (nSPS) is 28.6. The van der Waals surface area contributed by atoms with E-state index in [0.717, 1.165) is 12.8 Å². The highest BCUT2D eigenvalue weighted by molar-refractivity contribution is 5.16. The first-order chi connectivity index (χ1) is 5.66. The van der Waals surface area contributed by atoms with Gasteiger partial charge in [-0.2, -0.15) is 5.10 Å². The molecule has 1 aliphatic carbocycles. The van der Waals surface area contributed by atoms with E-state index in [1.165, 1.54) is 11.4 Å². The maximum Gasteiger partial charge on any atom is 0.0659 e. The van der Waals surface area contributed by atoms with Gasteiger partial charge in [0.05, 0.1) is 5.69 Å².